The molecule has 0 aliphatic rings. The Hall–Kier alpha value is -2.06. The molecule has 3 nitrogen and oxygen atoms in total. The van der Waals surface area contributed by atoms with Crippen molar-refractivity contribution in [3.63, 3.8) is 0 Å². The monoisotopic (exact) mass is 342 g/mol. The van der Waals surface area contributed by atoms with Crippen molar-refractivity contribution in [2.45, 2.75) is 38.5 Å². The summed E-state index contributed by atoms with van der Waals surface area (Å²) in [6.07, 6.45) is 0. The molecule has 0 spiro atoms. The van der Waals surface area contributed by atoms with Gasteiger partial charge >= 0.3 is 23.7 Å². The van der Waals surface area contributed by atoms with E-state index in [0.29, 0.717) is 11.1 Å². The summed E-state index contributed by atoms with van der Waals surface area (Å²) < 4.78 is 80.1. The van der Waals surface area contributed by atoms with Gasteiger partial charge in [0.05, 0.1) is 0 Å². The first-order chi connectivity index (χ1) is 10.2. The first-order valence-electron chi connectivity index (χ1n) is 6.17. The molecule has 0 saturated heterocycles. The van der Waals surface area contributed by atoms with Crippen LogP contribution < -0.4 is 0 Å². The van der Waals surface area contributed by atoms with Gasteiger partial charge in [0.2, 0.25) is 5.78 Å². The molecule has 0 aromatic heterocycles. The quantitative estimate of drug-likeness (QED) is 0.654. The molecule has 0 atom stereocenters. The summed E-state index contributed by atoms with van der Waals surface area (Å²) in [4.78, 5) is 21.9. The zero-order chi connectivity index (χ0) is 18.4. The number of aryl methyl sites for hydroxylation is 3. The molecule has 0 aliphatic heterocycles. The number of carbonyl (C=O) groups excluding carboxylic acids is 1. The maximum Gasteiger partial charge on any atom is 0.411 e. The third-order valence-electron chi connectivity index (χ3n) is 3.43. The topological polar surface area (TPSA) is 54.4 Å². The Kier molecular flexibility index (Phi) is 4.57. The Morgan fingerprint density at radius 3 is 1.70 bits per heavy atom. The van der Waals surface area contributed by atoms with Crippen molar-refractivity contribution in [3.8, 4) is 0 Å². The number of carboxylic acids is 1. The molecule has 0 heterocycles. The van der Waals surface area contributed by atoms with Gasteiger partial charge in [-0.3, -0.25) is 4.79 Å². The molecule has 23 heavy (non-hydrogen) atoms. The third kappa shape index (κ3) is 2.79. The average Bonchev–Trinajstić information content (AvgIpc) is 2.41. The number of aliphatic carboxylic acids is 1. The summed E-state index contributed by atoms with van der Waals surface area (Å²) in [5.41, 5.74) is -0.112. The van der Waals surface area contributed by atoms with Crippen LogP contribution in [0.1, 0.15) is 27.0 Å². The van der Waals surface area contributed by atoms with Gasteiger partial charge in [-0.15, -0.1) is 0 Å². The van der Waals surface area contributed by atoms with Crippen molar-refractivity contribution in [1.29, 1.82) is 0 Å². The summed E-state index contributed by atoms with van der Waals surface area (Å²) in [6, 6.07) is 2.13. The number of rotatable bonds is 5. The number of carboxylic acid groups (broad SMARTS) is 1. The molecule has 0 saturated carbocycles. The fourth-order valence-corrected chi connectivity index (χ4v) is 1.85. The standard InChI is InChI=1S/C14H12F6O3/c1-6-4-8(3)9(5-7(6)2)10(21)12(15,16)14(19,20)13(17,18)11(22)23/h4-5H,1-3H3,(H,22,23). The lowest BCUT2D eigenvalue weighted by Crippen LogP contribution is -2.61. The van der Waals surface area contributed by atoms with Crippen molar-refractivity contribution in [1.82, 2.24) is 0 Å². The van der Waals surface area contributed by atoms with Gasteiger partial charge in [0.25, 0.3) is 0 Å². The third-order valence-corrected chi connectivity index (χ3v) is 3.43. The molecule has 1 aromatic carbocycles. The van der Waals surface area contributed by atoms with E-state index < -0.39 is 35.1 Å². The number of halogens is 6. The van der Waals surface area contributed by atoms with Crippen LogP contribution in [0.2, 0.25) is 0 Å². The first kappa shape index (κ1) is 19.0. The Labute approximate surface area is 126 Å². The molecule has 0 radical (unpaired) electrons. The van der Waals surface area contributed by atoms with Gasteiger partial charge < -0.3 is 5.11 Å². The molecule has 1 N–H and O–H groups in total. The SMILES string of the molecule is Cc1cc(C)c(C(=O)C(F)(F)C(F)(F)C(F)(F)C(=O)O)cc1C. The normalized spacial score (nSPS) is 13.1. The van der Waals surface area contributed by atoms with Crippen LogP contribution in [0.3, 0.4) is 0 Å². The molecule has 128 valence electrons. The van der Waals surface area contributed by atoms with E-state index in [1.54, 1.807) is 6.92 Å². The van der Waals surface area contributed by atoms with E-state index in [1.807, 2.05) is 0 Å². The minimum Gasteiger partial charge on any atom is -0.477 e. The van der Waals surface area contributed by atoms with Crippen LogP contribution in [0.25, 0.3) is 0 Å². The first-order valence-corrected chi connectivity index (χ1v) is 6.17. The maximum absolute atomic E-state index is 13.7. The van der Waals surface area contributed by atoms with Crippen LogP contribution in [0.5, 0.6) is 0 Å². The molecule has 0 fully saturated rings. The smallest absolute Gasteiger partial charge is 0.411 e. The van der Waals surface area contributed by atoms with E-state index >= 15 is 0 Å². The summed E-state index contributed by atoms with van der Waals surface area (Å²) in [5, 5.41) is 8.05. The van der Waals surface area contributed by atoms with Crippen LogP contribution in [-0.2, 0) is 4.79 Å². The molecular formula is C14H12F6O3. The molecule has 0 amide bonds. The molecule has 1 rings (SSSR count). The van der Waals surface area contributed by atoms with Crippen LogP contribution in [0.4, 0.5) is 26.3 Å². The van der Waals surface area contributed by atoms with Crippen LogP contribution >= 0.6 is 0 Å². The van der Waals surface area contributed by atoms with Crippen molar-refractivity contribution >= 4 is 11.8 Å². The van der Waals surface area contributed by atoms with Crippen molar-refractivity contribution < 1.29 is 41.0 Å². The Bertz CT molecular complexity index is 667. The van der Waals surface area contributed by atoms with E-state index in [0.717, 1.165) is 6.07 Å². The van der Waals surface area contributed by atoms with Crippen LogP contribution in [0, 0.1) is 20.8 Å². The molecule has 0 unspecified atom stereocenters. The number of carbonyl (C=O) groups is 2. The number of alkyl halides is 6. The van der Waals surface area contributed by atoms with Crippen LogP contribution in [-0.4, -0.2) is 34.6 Å². The summed E-state index contributed by atoms with van der Waals surface area (Å²) in [5.74, 6) is -24.4. The Balaban J connectivity index is 3.46. The molecular weight excluding hydrogens is 330 g/mol. The van der Waals surface area contributed by atoms with Gasteiger partial charge in [-0.1, -0.05) is 6.07 Å². The van der Waals surface area contributed by atoms with Crippen LogP contribution in [0.15, 0.2) is 12.1 Å². The molecule has 1 aromatic rings. The average molecular weight is 342 g/mol. The summed E-state index contributed by atoms with van der Waals surface area (Å²) >= 11 is 0. The number of Topliss-reactive ketones (excluding diaryl/α,β-unsaturated/α-hetero) is 1. The van der Waals surface area contributed by atoms with Gasteiger partial charge in [-0.25, -0.2) is 4.79 Å². The fourth-order valence-electron chi connectivity index (χ4n) is 1.85. The second kappa shape index (κ2) is 5.54. The minimum absolute atomic E-state index is 0.118. The lowest BCUT2D eigenvalue weighted by molar-refractivity contribution is -0.285. The van der Waals surface area contributed by atoms with E-state index in [9.17, 15) is 35.9 Å². The van der Waals surface area contributed by atoms with Gasteiger partial charge in [0.15, 0.2) is 0 Å². The van der Waals surface area contributed by atoms with Crippen molar-refractivity contribution in [3.05, 3.63) is 34.4 Å². The van der Waals surface area contributed by atoms with E-state index in [4.69, 9.17) is 5.11 Å². The number of benzene rings is 1. The lowest BCUT2D eigenvalue weighted by Gasteiger charge is -2.29. The van der Waals surface area contributed by atoms with Crippen molar-refractivity contribution in [2.24, 2.45) is 0 Å². The Morgan fingerprint density at radius 1 is 0.826 bits per heavy atom. The van der Waals surface area contributed by atoms with Gasteiger partial charge in [0, 0.05) is 5.56 Å². The van der Waals surface area contributed by atoms with Crippen molar-refractivity contribution in [2.75, 3.05) is 0 Å². The Morgan fingerprint density at radius 2 is 1.26 bits per heavy atom. The van der Waals surface area contributed by atoms with Gasteiger partial charge in [0.1, 0.15) is 0 Å². The fraction of sp³-hybridized carbons (Fsp3) is 0.429. The largest absolute Gasteiger partial charge is 0.477 e. The van der Waals surface area contributed by atoms with E-state index in [-0.39, 0.29) is 5.56 Å². The predicted octanol–water partition coefficient (Wildman–Crippen LogP) is 3.79. The number of hydrogen-bond acceptors (Lipinski definition) is 2. The summed E-state index contributed by atoms with van der Waals surface area (Å²) in [7, 11) is 0. The highest BCUT2D eigenvalue weighted by molar-refractivity contribution is 6.04. The molecule has 9 heteroatoms. The highest BCUT2D eigenvalue weighted by Gasteiger charge is 2.78. The second-order valence-corrected chi connectivity index (χ2v) is 5.11. The van der Waals surface area contributed by atoms with Gasteiger partial charge in [-0.2, -0.15) is 26.3 Å². The van der Waals surface area contributed by atoms with Gasteiger partial charge in [-0.05, 0) is 43.5 Å². The zero-order valence-corrected chi connectivity index (χ0v) is 12.2. The predicted molar refractivity (Wildman–Crippen MR) is 67.5 cm³/mol. The zero-order valence-electron chi connectivity index (χ0n) is 12.2. The summed E-state index contributed by atoms with van der Waals surface area (Å²) in [6.45, 7) is 4.15. The lowest BCUT2D eigenvalue weighted by atomic mass is 9.91. The number of hydrogen-bond donors (Lipinski definition) is 1. The molecule has 0 bridgehead atoms. The highest BCUT2D eigenvalue weighted by Crippen LogP contribution is 2.47. The molecule has 0 aliphatic carbocycles. The maximum atomic E-state index is 13.7. The highest BCUT2D eigenvalue weighted by atomic mass is 19.3. The second-order valence-electron chi connectivity index (χ2n) is 5.11. The minimum atomic E-state index is -6.39. The van der Waals surface area contributed by atoms with E-state index in [2.05, 4.69) is 0 Å². The van der Waals surface area contributed by atoms with E-state index in [1.165, 1.54) is 19.9 Å². The number of ketones is 1.